The van der Waals surface area contributed by atoms with Crippen LogP contribution < -0.4 is 24.7 Å². The van der Waals surface area contributed by atoms with Crippen LogP contribution in [-0.2, 0) is 16.4 Å². The second-order valence-electron chi connectivity index (χ2n) is 12.7. The van der Waals surface area contributed by atoms with Crippen LogP contribution in [0, 0.1) is 17.3 Å². The van der Waals surface area contributed by atoms with Crippen molar-refractivity contribution in [2.45, 2.75) is 38.5 Å². The van der Waals surface area contributed by atoms with Crippen molar-refractivity contribution in [3.05, 3.63) is 41.5 Å². The Balaban J connectivity index is 1.18. The fraction of sp³-hybridized carbons (Fsp3) is 0.567. The molecular formula is C30H39N5O4S. The van der Waals surface area contributed by atoms with Gasteiger partial charge in [0.25, 0.3) is 5.91 Å². The van der Waals surface area contributed by atoms with E-state index in [1.807, 2.05) is 0 Å². The number of carbonyl (C=O) groups is 1. The predicted octanol–water partition coefficient (Wildman–Crippen LogP) is 3.50. The number of nitrogens with zero attached hydrogens (tertiary/aromatic N) is 3. The number of hydrogen-bond donors (Lipinski definition) is 3. The molecule has 1 amide bonds. The van der Waals surface area contributed by atoms with E-state index in [0.29, 0.717) is 16.7 Å². The van der Waals surface area contributed by atoms with Crippen molar-refractivity contribution in [3.63, 3.8) is 0 Å². The van der Waals surface area contributed by atoms with Gasteiger partial charge in [0.2, 0.25) is 10.0 Å². The van der Waals surface area contributed by atoms with E-state index in [0.717, 1.165) is 75.2 Å². The number of benzene rings is 2. The van der Waals surface area contributed by atoms with Crippen LogP contribution in [0.1, 0.15) is 48.0 Å². The minimum absolute atomic E-state index is 0.187. The van der Waals surface area contributed by atoms with Crippen molar-refractivity contribution in [1.29, 1.82) is 0 Å². The van der Waals surface area contributed by atoms with Gasteiger partial charge >= 0.3 is 0 Å². The molecule has 2 atom stereocenters. The molecule has 3 aliphatic heterocycles. The Morgan fingerprint density at radius 1 is 0.975 bits per heavy atom. The lowest BCUT2D eigenvalue weighted by atomic mass is 9.93. The summed E-state index contributed by atoms with van der Waals surface area (Å²) in [4.78, 5) is 20.9. The predicted molar refractivity (Wildman–Crippen MR) is 159 cm³/mol. The Bertz CT molecular complexity index is 1440. The molecule has 5 aliphatic rings. The van der Waals surface area contributed by atoms with Gasteiger partial charge in [-0.05, 0) is 91.7 Å². The summed E-state index contributed by atoms with van der Waals surface area (Å²) in [5, 5.41) is 12.3. The number of aliphatic hydroxyl groups is 1. The molecule has 40 heavy (non-hydrogen) atoms. The van der Waals surface area contributed by atoms with Gasteiger partial charge in [0.05, 0.1) is 40.7 Å². The van der Waals surface area contributed by atoms with Crippen LogP contribution in [0.15, 0.2) is 30.3 Å². The van der Waals surface area contributed by atoms with Crippen LogP contribution in [0.5, 0.6) is 0 Å². The lowest BCUT2D eigenvalue weighted by Gasteiger charge is -2.35. The molecule has 2 aromatic carbocycles. The molecule has 1 spiro atoms. The van der Waals surface area contributed by atoms with E-state index in [1.54, 1.807) is 18.2 Å². The van der Waals surface area contributed by atoms with Crippen LogP contribution in [0.2, 0.25) is 0 Å². The number of hydrogen-bond acceptors (Lipinski definition) is 7. The molecule has 2 saturated carbocycles. The number of aliphatic hydroxyl groups excluding tert-OH is 1. The van der Waals surface area contributed by atoms with E-state index >= 15 is 0 Å². The van der Waals surface area contributed by atoms with Crippen molar-refractivity contribution in [1.82, 2.24) is 0 Å². The molecule has 7 rings (SSSR count). The highest BCUT2D eigenvalue weighted by atomic mass is 32.2. The fourth-order valence-corrected chi connectivity index (χ4v) is 7.94. The molecule has 9 nitrogen and oxygen atoms in total. The highest BCUT2D eigenvalue weighted by Crippen LogP contribution is 2.54. The number of fused-ring (bicyclic) bond motifs is 2. The lowest BCUT2D eigenvalue weighted by Crippen LogP contribution is -2.35. The zero-order valence-corrected chi connectivity index (χ0v) is 24.0. The topological polar surface area (TPSA) is 105 Å². The number of anilines is 5. The molecule has 3 N–H and O–H groups in total. The van der Waals surface area contributed by atoms with E-state index < -0.39 is 16.6 Å². The van der Waals surface area contributed by atoms with Gasteiger partial charge in [-0.25, -0.2) is 8.42 Å². The van der Waals surface area contributed by atoms with Gasteiger partial charge in [-0.3, -0.25) is 9.52 Å². The van der Waals surface area contributed by atoms with Gasteiger partial charge in [-0.15, -0.1) is 0 Å². The Morgan fingerprint density at radius 3 is 2.40 bits per heavy atom. The molecular weight excluding hydrogens is 526 g/mol. The molecule has 2 aromatic rings. The summed E-state index contributed by atoms with van der Waals surface area (Å²) < 4.78 is 27.3. The summed E-state index contributed by atoms with van der Waals surface area (Å²) in [6.45, 7) is 4.41. The average molecular weight is 566 g/mol. The summed E-state index contributed by atoms with van der Waals surface area (Å²) >= 11 is 0. The minimum Gasteiger partial charge on any atom is -0.395 e. The first-order valence-electron chi connectivity index (χ1n) is 14.7. The van der Waals surface area contributed by atoms with Crippen LogP contribution in [0.25, 0.3) is 0 Å². The fourth-order valence-electron chi connectivity index (χ4n) is 7.11. The highest BCUT2D eigenvalue weighted by Gasteiger charge is 2.46. The van der Waals surface area contributed by atoms with Gasteiger partial charge in [-0.1, -0.05) is 0 Å². The van der Waals surface area contributed by atoms with E-state index in [9.17, 15) is 13.2 Å². The van der Waals surface area contributed by atoms with Crippen molar-refractivity contribution >= 4 is 44.4 Å². The Hall–Kier alpha value is -2.98. The van der Waals surface area contributed by atoms with E-state index in [1.165, 1.54) is 36.2 Å². The van der Waals surface area contributed by atoms with Gasteiger partial charge < -0.3 is 25.1 Å². The van der Waals surface area contributed by atoms with Crippen LogP contribution >= 0.6 is 0 Å². The summed E-state index contributed by atoms with van der Waals surface area (Å²) in [6.07, 6.45) is 7.05. The summed E-state index contributed by atoms with van der Waals surface area (Å²) in [7, 11) is -1.52. The quantitative estimate of drug-likeness (QED) is 0.450. The summed E-state index contributed by atoms with van der Waals surface area (Å²) in [5.74, 6) is 1.07. The first-order valence-corrected chi connectivity index (χ1v) is 16.3. The summed E-state index contributed by atoms with van der Waals surface area (Å²) in [5.41, 5.74) is 6.77. The normalized spacial score (nSPS) is 24.2. The molecule has 3 heterocycles. The zero-order chi connectivity index (χ0) is 27.6. The number of nitrogens with one attached hydrogen (secondary N) is 2. The van der Waals surface area contributed by atoms with Gasteiger partial charge in [-0.2, -0.15) is 0 Å². The Kier molecular flexibility index (Phi) is 6.19. The standard InChI is InChI=1S/C30H39N5O4S/c1-33-9-4-20-15-24(17-27(28(20)33)35-18-21-14-22(21)19-35)31-29(37)25-3-2-23(32-40(38,39)13-12-36)16-26(25)34-10-7-30(5-6-30)8-11-34/h2-3,15-17,21-22,32,36H,4-14,18-19H2,1H3,(H,31,37). The number of piperidine rings is 2. The lowest BCUT2D eigenvalue weighted by molar-refractivity contribution is 0.102. The number of likely N-dealkylation sites (N-methyl/N-ethyl adjacent to an activating group) is 1. The Morgan fingerprint density at radius 2 is 1.70 bits per heavy atom. The van der Waals surface area contributed by atoms with Crippen molar-refractivity contribution in [2.24, 2.45) is 17.3 Å². The maximum absolute atomic E-state index is 13.8. The van der Waals surface area contributed by atoms with Crippen LogP contribution in [0.4, 0.5) is 28.4 Å². The van der Waals surface area contributed by atoms with Gasteiger partial charge in [0.1, 0.15) is 0 Å². The van der Waals surface area contributed by atoms with E-state index in [-0.39, 0.29) is 11.7 Å². The third kappa shape index (κ3) is 4.89. The van der Waals surface area contributed by atoms with Gasteiger partial charge in [0.15, 0.2) is 0 Å². The van der Waals surface area contributed by atoms with Crippen LogP contribution in [-0.4, -0.2) is 71.6 Å². The number of sulfonamides is 1. The number of amides is 1. The molecule has 4 fully saturated rings. The van der Waals surface area contributed by atoms with Crippen LogP contribution in [0.3, 0.4) is 0 Å². The molecule has 0 radical (unpaired) electrons. The van der Waals surface area contributed by atoms with Crippen molar-refractivity contribution < 1.29 is 18.3 Å². The molecule has 2 unspecified atom stereocenters. The SMILES string of the molecule is CN1CCc2cc(NC(=O)c3ccc(NS(=O)(=O)CCO)cc3N3CCC4(CC3)CC4)cc(N3CC4CC4C3)c21. The summed E-state index contributed by atoms with van der Waals surface area (Å²) in [6, 6.07) is 9.39. The van der Waals surface area contributed by atoms with E-state index in [4.69, 9.17) is 5.11 Å². The smallest absolute Gasteiger partial charge is 0.257 e. The first-order chi connectivity index (χ1) is 19.2. The third-order valence-electron chi connectivity index (χ3n) is 9.84. The minimum atomic E-state index is -3.67. The molecule has 2 saturated heterocycles. The highest BCUT2D eigenvalue weighted by molar-refractivity contribution is 7.92. The average Bonchev–Trinajstić information content (AvgIpc) is 3.78. The number of carbonyl (C=O) groups excluding carboxylic acids is 1. The Labute approximate surface area is 236 Å². The van der Waals surface area contributed by atoms with Gasteiger partial charge in [0, 0.05) is 45.5 Å². The molecule has 0 bridgehead atoms. The molecule has 0 aromatic heterocycles. The second-order valence-corrected chi connectivity index (χ2v) is 14.5. The maximum Gasteiger partial charge on any atom is 0.257 e. The monoisotopic (exact) mass is 565 g/mol. The largest absolute Gasteiger partial charge is 0.395 e. The second kappa shape index (κ2) is 9.55. The molecule has 214 valence electrons. The first kappa shape index (κ1) is 26.0. The number of rotatable bonds is 8. The van der Waals surface area contributed by atoms with Crippen molar-refractivity contribution in [2.75, 3.05) is 76.9 Å². The molecule has 2 aliphatic carbocycles. The third-order valence-corrected chi connectivity index (χ3v) is 11.1. The van der Waals surface area contributed by atoms with Crippen molar-refractivity contribution in [3.8, 4) is 0 Å². The van der Waals surface area contributed by atoms with E-state index in [2.05, 4.69) is 43.9 Å². The molecule has 10 heteroatoms. The zero-order valence-electron chi connectivity index (χ0n) is 23.2. The maximum atomic E-state index is 13.8.